The highest BCUT2D eigenvalue weighted by Crippen LogP contribution is 2.12. The third-order valence-electron chi connectivity index (χ3n) is 4.03. The molecular weight excluding hydrogens is 262 g/mol. The molecule has 0 atom stereocenters. The molecule has 1 aromatic rings. The smallest absolute Gasteiger partial charge is 0.251 e. The molecule has 1 aromatic carbocycles. The highest BCUT2D eigenvalue weighted by Gasteiger charge is 2.10. The normalized spacial score (nSPS) is 15.7. The zero-order valence-electron chi connectivity index (χ0n) is 13.3. The highest BCUT2D eigenvalue weighted by atomic mass is 16.1. The van der Waals surface area contributed by atoms with Gasteiger partial charge in [0, 0.05) is 31.9 Å². The average Bonchev–Trinajstić information content (AvgIpc) is 2.52. The summed E-state index contributed by atoms with van der Waals surface area (Å²) in [6.45, 7) is 4.30. The van der Waals surface area contributed by atoms with Crippen molar-refractivity contribution in [2.24, 2.45) is 0 Å². The molecule has 1 aliphatic rings. The van der Waals surface area contributed by atoms with Crippen LogP contribution in [0.4, 0.5) is 5.69 Å². The monoisotopic (exact) mass is 289 g/mol. The van der Waals surface area contributed by atoms with Gasteiger partial charge in [-0.05, 0) is 63.2 Å². The van der Waals surface area contributed by atoms with Gasteiger partial charge >= 0.3 is 0 Å². The maximum absolute atomic E-state index is 12.0. The molecule has 4 heteroatoms. The summed E-state index contributed by atoms with van der Waals surface area (Å²) in [5.74, 6) is 0.0268. The maximum atomic E-state index is 12.0. The van der Waals surface area contributed by atoms with E-state index < -0.39 is 0 Å². The summed E-state index contributed by atoms with van der Waals surface area (Å²) in [6.07, 6.45) is 5.05. The third-order valence-corrected chi connectivity index (χ3v) is 4.03. The van der Waals surface area contributed by atoms with Crippen molar-refractivity contribution in [3.63, 3.8) is 0 Å². The molecule has 4 nitrogen and oxygen atoms in total. The molecule has 0 aromatic heterocycles. The number of piperidine rings is 1. The van der Waals surface area contributed by atoms with E-state index >= 15 is 0 Å². The SMILES string of the molecule is CN(C)c1ccc(C(=O)NCCCN2CCCCC2)cc1. The number of carbonyl (C=O) groups excluding carboxylic acids is 1. The second kappa shape index (κ2) is 8.03. The van der Waals surface area contributed by atoms with Crippen molar-refractivity contribution in [3.05, 3.63) is 29.8 Å². The van der Waals surface area contributed by atoms with Crippen LogP contribution in [0.3, 0.4) is 0 Å². The van der Waals surface area contributed by atoms with Crippen LogP contribution in [0, 0.1) is 0 Å². The van der Waals surface area contributed by atoms with E-state index in [1.807, 2.05) is 43.3 Å². The van der Waals surface area contributed by atoms with Gasteiger partial charge in [-0.15, -0.1) is 0 Å². The van der Waals surface area contributed by atoms with E-state index in [1.165, 1.54) is 32.4 Å². The van der Waals surface area contributed by atoms with Gasteiger partial charge in [-0.25, -0.2) is 0 Å². The zero-order chi connectivity index (χ0) is 15.1. The Bertz CT molecular complexity index is 436. The molecule has 116 valence electrons. The lowest BCUT2D eigenvalue weighted by Gasteiger charge is -2.26. The summed E-state index contributed by atoms with van der Waals surface area (Å²) in [6, 6.07) is 7.72. The topological polar surface area (TPSA) is 35.6 Å². The molecule has 0 spiro atoms. The Labute approximate surface area is 128 Å². The first kappa shape index (κ1) is 15.8. The predicted octanol–water partition coefficient (Wildman–Crippen LogP) is 2.36. The van der Waals surface area contributed by atoms with Gasteiger partial charge in [0.25, 0.3) is 5.91 Å². The zero-order valence-corrected chi connectivity index (χ0v) is 13.3. The second-order valence-electron chi connectivity index (χ2n) is 5.95. The molecule has 1 aliphatic heterocycles. The van der Waals surface area contributed by atoms with E-state index in [0.29, 0.717) is 0 Å². The Balaban J connectivity index is 1.69. The molecule has 0 radical (unpaired) electrons. The molecule has 1 saturated heterocycles. The number of rotatable bonds is 6. The lowest BCUT2D eigenvalue weighted by Crippen LogP contribution is -2.33. The number of benzene rings is 1. The fraction of sp³-hybridized carbons (Fsp3) is 0.588. The van der Waals surface area contributed by atoms with Crippen molar-refractivity contribution >= 4 is 11.6 Å². The number of hydrogen-bond acceptors (Lipinski definition) is 3. The largest absolute Gasteiger partial charge is 0.378 e. The van der Waals surface area contributed by atoms with E-state index in [9.17, 15) is 4.79 Å². The number of nitrogens with zero attached hydrogens (tertiary/aromatic N) is 2. The summed E-state index contributed by atoms with van der Waals surface area (Å²) in [5.41, 5.74) is 1.84. The Morgan fingerprint density at radius 2 is 1.81 bits per heavy atom. The van der Waals surface area contributed by atoms with Gasteiger partial charge in [-0.1, -0.05) is 6.42 Å². The van der Waals surface area contributed by atoms with Crippen LogP contribution in [-0.4, -0.2) is 51.1 Å². The Morgan fingerprint density at radius 3 is 2.43 bits per heavy atom. The van der Waals surface area contributed by atoms with Gasteiger partial charge in [0.05, 0.1) is 0 Å². The van der Waals surface area contributed by atoms with Gasteiger partial charge in [0.15, 0.2) is 0 Å². The maximum Gasteiger partial charge on any atom is 0.251 e. The van der Waals surface area contributed by atoms with Crippen LogP contribution in [0.1, 0.15) is 36.0 Å². The fourth-order valence-electron chi connectivity index (χ4n) is 2.70. The third kappa shape index (κ3) is 5.05. The molecule has 1 fully saturated rings. The minimum atomic E-state index is 0.0268. The number of hydrogen-bond donors (Lipinski definition) is 1. The van der Waals surface area contributed by atoms with Crippen LogP contribution >= 0.6 is 0 Å². The molecule has 2 rings (SSSR count). The van der Waals surface area contributed by atoms with Crippen molar-refractivity contribution in [3.8, 4) is 0 Å². The standard InChI is InChI=1S/C17H27N3O/c1-19(2)16-9-7-15(8-10-16)17(21)18-11-6-14-20-12-4-3-5-13-20/h7-10H,3-6,11-14H2,1-2H3,(H,18,21). The number of amides is 1. The quantitative estimate of drug-likeness (QED) is 0.817. The first-order valence-corrected chi connectivity index (χ1v) is 7.95. The first-order chi connectivity index (χ1) is 10.2. The fourth-order valence-corrected chi connectivity index (χ4v) is 2.70. The summed E-state index contributed by atoms with van der Waals surface area (Å²) in [5, 5.41) is 3.01. The van der Waals surface area contributed by atoms with Crippen LogP contribution in [0.15, 0.2) is 24.3 Å². The van der Waals surface area contributed by atoms with Gasteiger partial charge < -0.3 is 15.1 Å². The van der Waals surface area contributed by atoms with Gasteiger partial charge in [0.1, 0.15) is 0 Å². The van der Waals surface area contributed by atoms with Crippen LogP contribution < -0.4 is 10.2 Å². The Hall–Kier alpha value is -1.55. The van der Waals surface area contributed by atoms with Gasteiger partial charge in [0.2, 0.25) is 0 Å². The molecular formula is C17H27N3O. The van der Waals surface area contributed by atoms with Crippen LogP contribution in [-0.2, 0) is 0 Å². The molecule has 21 heavy (non-hydrogen) atoms. The van der Waals surface area contributed by atoms with Crippen molar-refractivity contribution < 1.29 is 4.79 Å². The number of anilines is 1. The molecule has 0 bridgehead atoms. The summed E-state index contributed by atoms with van der Waals surface area (Å²) in [7, 11) is 3.99. The van der Waals surface area contributed by atoms with E-state index in [2.05, 4.69) is 10.2 Å². The number of nitrogens with one attached hydrogen (secondary N) is 1. The predicted molar refractivity (Wildman–Crippen MR) is 88.0 cm³/mol. The lowest BCUT2D eigenvalue weighted by atomic mass is 10.1. The molecule has 1 N–H and O–H groups in total. The highest BCUT2D eigenvalue weighted by molar-refractivity contribution is 5.94. The van der Waals surface area contributed by atoms with Gasteiger partial charge in [-0.2, -0.15) is 0 Å². The number of carbonyl (C=O) groups is 1. The van der Waals surface area contributed by atoms with Crippen molar-refractivity contribution in [1.82, 2.24) is 10.2 Å². The summed E-state index contributed by atoms with van der Waals surface area (Å²) >= 11 is 0. The number of likely N-dealkylation sites (tertiary alicyclic amines) is 1. The van der Waals surface area contributed by atoms with Crippen LogP contribution in [0.25, 0.3) is 0 Å². The van der Waals surface area contributed by atoms with Crippen molar-refractivity contribution in [2.45, 2.75) is 25.7 Å². The van der Waals surface area contributed by atoms with Crippen LogP contribution in [0.5, 0.6) is 0 Å². The summed E-state index contributed by atoms with van der Waals surface area (Å²) < 4.78 is 0. The Kier molecular flexibility index (Phi) is 6.05. The van der Waals surface area contributed by atoms with Crippen molar-refractivity contribution in [1.29, 1.82) is 0 Å². The molecule has 1 heterocycles. The van der Waals surface area contributed by atoms with Crippen LogP contribution in [0.2, 0.25) is 0 Å². The minimum Gasteiger partial charge on any atom is -0.378 e. The van der Waals surface area contributed by atoms with Gasteiger partial charge in [-0.3, -0.25) is 4.79 Å². The minimum absolute atomic E-state index is 0.0268. The lowest BCUT2D eigenvalue weighted by molar-refractivity contribution is 0.0951. The van der Waals surface area contributed by atoms with Crippen molar-refractivity contribution in [2.75, 3.05) is 45.2 Å². The van der Waals surface area contributed by atoms with E-state index in [-0.39, 0.29) is 5.91 Å². The second-order valence-corrected chi connectivity index (χ2v) is 5.95. The van der Waals surface area contributed by atoms with E-state index in [4.69, 9.17) is 0 Å². The summed E-state index contributed by atoms with van der Waals surface area (Å²) in [4.78, 5) is 16.6. The molecule has 0 saturated carbocycles. The first-order valence-electron chi connectivity index (χ1n) is 7.95. The molecule has 0 aliphatic carbocycles. The molecule has 0 unspecified atom stereocenters. The average molecular weight is 289 g/mol. The Morgan fingerprint density at radius 1 is 1.14 bits per heavy atom. The van der Waals surface area contributed by atoms with E-state index in [0.717, 1.165) is 30.8 Å². The molecule has 1 amide bonds. The van der Waals surface area contributed by atoms with E-state index in [1.54, 1.807) is 0 Å².